The smallest absolute Gasteiger partial charge is 0.0418 e. The van der Waals surface area contributed by atoms with Crippen LogP contribution in [0.15, 0.2) is 36.7 Å². The molecule has 0 fully saturated rings. The third-order valence-electron chi connectivity index (χ3n) is 3.73. The van der Waals surface area contributed by atoms with Crippen LogP contribution in [0.5, 0.6) is 0 Å². The maximum atomic E-state index is 4.18. The molecule has 0 bridgehead atoms. The minimum atomic E-state index is 0.846. The molecule has 0 amide bonds. The van der Waals surface area contributed by atoms with Crippen molar-refractivity contribution in [2.45, 2.75) is 32.7 Å². The SMILES string of the molecule is Cc1ccncc1CNc1ccc2c(c1)CCC2. The fraction of sp³-hybridized carbons (Fsp3) is 0.312. The summed E-state index contributed by atoms with van der Waals surface area (Å²) in [5, 5.41) is 3.49. The number of nitrogens with zero attached hydrogens (tertiary/aromatic N) is 1. The number of aromatic nitrogens is 1. The van der Waals surface area contributed by atoms with Crippen molar-refractivity contribution in [3.05, 3.63) is 58.9 Å². The zero-order valence-electron chi connectivity index (χ0n) is 10.7. The molecule has 0 atom stereocenters. The highest BCUT2D eigenvalue weighted by Gasteiger charge is 2.10. The summed E-state index contributed by atoms with van der Waals surface area (Å²) in [6, 6.07) is 8.81. The zero-order chi connectivity index (χ0) is 12.4. The maximum Gasteiger partial charge on any atom is 0.0418 e. The second kappa shape index (κ2) is 4.81. The normalized spacial score (nSPS) is 13.4. The first kappa shape index (κ1) is 11.3. The van der Waals surface area contributed by atoms with E-state index in [9.17, 15) is 0 Å². The number of aryl methyl sites for hydroxylation is 3. The number of pyridine rings is 1. The van der Waals surface area contributed by atoms with Crippen molar-refractivity contribution >= 4 is 5.69 Å². The molecule has 0 spiro atoms. The van der Waals surface area contributed by atoms with Gasteiger partial charge in [0.15, 0.2) is 0 Å². The van der Waals surface area contributed by atoms with E-state index in [1.165, 1.54) is 47.2 Å². The summed E-state index contributed by atoms with van der Waals surface area (Å²) in [5.74, 6) is 0. The van der Waals surface area contributed by atoms with Crippen LogP contribution in [0.1, 0.15) is 28.7 Å². The molecular weight excluding hydrogens is 220 g/mol. The first-order valence-electron chi connectivity index (χ1n) is 6.58. The summed E-state index contributed by atoms with van der Waals surface area (Å²) >= 11 is 0. The average Bonchev–Trinajstić information content (AvgIpc) is 2.85. The third kappa shape index (κ3) is 2.23. The van der Waals surface area contributed by atoms with Gasteiger partial charge in [-0.05, 0) is 66.6 Å². The van der Waals surface area contributed by atoms with E-state index in [-0.39, 0.29) is 0 Å². The maximum absolute atomic E-state index is 4.18. The van der Waals surface area contributed by atoms with Crippen LogP contribution in [-0.4, -0.2) is 4.98 Å². The molecule has 1 N–H and O–H groups in total. The summed E-state index contributed by atoms with van der Waals surface area (Å²) in [6.07, 6.45) is 7.57. The van der Waals surface area contributed by atoms with Crippen LogP contribution in [0.3, 0.4) is 0 Å². The van der Waals surface area contributed by atoms with Gasteiger partial charge in [0, 0.05) is 24.6 Å². The van der Waals surface area contributed by atoms with Crippen LogP contribution in [0.4, 0.5) is 5.69 Å². The topological polar surface area (TPSA) is 24.9 Å². The average molecular weight is 238 g/mol. The molecule has 0 radical (unpaired) electrons. The van der Waals surface area contributed by atoms with E-state index in [0.29, 0.717) is 0 Å². The predicted octanol–water partition coefficient (Wildman–Crippen LogP) is 3.49. The highest BCUT2D eigenvalue weighted by Crippen LogP contribution is 2.25. The summed E-state index contributed by atoms with van der Waals surface area (Å²) in [6.45, 7) is 2.97. The van der Waals surface area contributed by atoms with Gasteiger partial charge in [0.2, 0.25) is 0 Å². The van der Waals surface area contributed by atoms with Gasteiger partial charge in [0.05, 0.1) is 0 Å². The largest absolute Gasteiger partial charge is 0.381 e. The monoisotopic (exact) mass is 238 g/mol. The molecule has 0 aliphatic heterocycles. The molecule has 1 aliphatic carbocycles. The molecule has 2 heteroatoms. The second-order valence-corrected chi connectivity index (χ2v) is 4.99. The standard InChI is InChI=1S/C16H18N2/c1-12-7-8-17-10-15(12)11-18-16-6-5-13-3-2-4-14(13)9-16/h5-10,18H,2-4,11H2,1H3. The number of anilines is 1. The summed E-state index contributed by atoms with van der Waals surface area (Å²) < 4.78 is 0. The Morgan fingerprint density at radius 2 is 2.06 bits per heavy atom. The third-order valence-corrected chi connectivity index (χ3v) is 3.73. The Labute approximate surface area is 108 Å². The van der Waals surface area contributed by atoms with Crippen LogP contribution in [0.25, 0.3) is 0 Å². The van der Waals surface area contributed by atoms with Gasteiger partial charge in [-0.15, -0.1) is 0 Å². The molecule has 18 heavy (non-hydrogen) atoms. The summed E-state index contributed by atoms with van der Waals surface area (Å²) in [7, 11) is 0. The van der Waals surface area contributed by atoms with Crippen molar-refractivity contribution in [3.8, 4) is 0 Å². The van der Waals surface area contributed by atoms with Crippen LogP contribution in [0, 0.1) is 6.92 Å². The lowest BCUT2D eigenvalue weighted by molar-refractivity contribution is 0.912. The van der Waals surface area contributed by atoms with Gasteiger partial charge in [0.1, 0.15) is 0 Å². The van der Waals surface area contributed by atoms with Crippen molar-refractivity contribution < 1.29 is 0 Å². The summed E-state index contributed by atoms with van der Waals surface area (Å²) in [4.78, 5) is 4.18. The minimum absolute atomic E-state index is 0.846. The molecule has 1 aromatic heterocycles. The number of benzene rings is 1. The van der Waals surface area contributed by atoms with Crippen molar-refractivity contribution in [1.82, 2.24) is 4.98 Å². The number of fused-ring (bicyclic) bond motifs is 1. The first-order valence-corrected chi connectivity index (χ1v) is 6.58. The number of hydrogen-bond acceptors (Lipinski definition) is 2. The quantitative estimate of drug-likeness (QED) is 0.885. The minimum Gasteiger partial charge on any atom is -0.381 e. The Bertz CT molecular complexity index is 561. The van der Waals surface area contributed by atoms with Gasteiger partial charge in [-0.25, -0.2) is 0 Å². The van der Waals surface area contributed by atoms with Crippen molar-refractivity contribution in [2.75, 3.05) is 5.32 Å². The lowest BCUT2D eigenvalue weighted by atomic mass is 10.1. The van der Waals surface area contributed by atoms with E-state index in [1.807, 2.05) is 12.4 Å². The van der Waals surface area contributed by atoms with Crippen LogP contribution < -0.4 is 5.32 Å². The Morgan fingerprint density at radius 3 is 2.94 bits per heavy atom. The Hall–Kier alpha value is -1.83. The Kier molecular flexibility index (Phi) is 3.01. The highest BCUT2D eigenvalue weighted by atomic mass is 14.9. The van der Waals surface area contributed by atoms with E-state index in [4.69, 9.17) is 0 Å². The lowest BCUT2D eigenvalue weighted by Crippen LogP contribution is -2.02. The molecule has 2 nitrogen and oxygen atoms in total. The van der Waals surface area contributed by atoms with E-state index in [2.05, 4.69) is 41.5 Å². The molecule has 0 saturated heterocycles. The molecule has 3 rings (SSSR count). The van der Waals surface area contributed by atoms with Gasteiger partial charge in [-0.2, -0.15) is 0 Å². The van der Waals surface area contributed by atoms with Crippen molar-refractivity contribution in [1.29, 1.82) is 0 Å². The first-order chi connectivity index (χ1) is 8.83. The van der Waals surface area contributed by atoms with Crippen molar-refractivity contribution in [2.24, 2.45) is 0 Å². The van der Waals surface area contributed by atoms with E-state index < -0.39 is 0 Å². The fourth-order valence-electron chi connectivity index (χ4n) is 2.56. The van der Waals surface area contributed by atoms with E-state index in [1.54, 1.807) is 0 Å². The van der Waals surface area contributed by atoms with Gasteiger partial charge >= 0.3 is 0 Å². The molecule has 0 saturated carbocycles. The second-order valence-electron chi connectivity index (χ2n) is 4.99. The lowest BCUT2D eigenvalue weighted by Gasteiger charge is -2.10. The zero-order valence-corrected chi connectivity index (χ0v) is 10.7. The van der Waals surface area contributed by atoms with Gasteiger partial charge in [0.25, 0.3) is 0 Å². The molecule has 1 aromatic carbocycles. The number of nitrogens with one attached hydrogen (secondary N) is 1. The molecule has 1 heterocycles. The van der Waals surface area contributed by atoms with Crippen LogP contribution >= 0.6 is 0 Å². The highest BCUT2D eigenvalue weighted by molar-refractivity contribution is 5.50. The molecule has 92 valence electrons. The molecule has 1 aliphatic rings. The number of hydrogen-bond donors (Lipinski definition) is 1. The molecular formula is C16H18N2. The van der Waals surface area contributed by atoms with Gasteiger partial charge in [-0.1, -0.05) is 6.07 Å². The molecule has 2 aromatic rings. The van der Waals surface area contributed by atoms with Crippen LogP contribution in [0.2, 0.25) is 0 Å². The Morgan fingerprint density at radius 1 is 1.17 bits per heavy atom. The van der Waals surface area contributed by atoms with Gasteiger partial charge in [-0.3, -0.25) is 4.98 Å². The van der Waals surface area contributed by atoms with Crippen molar-refractivity contribution in [3.63, 3.8) is 0 Å². The fourth-order valence-corrected chi connectivity index (χ4v) is 2.56. The van der Waals surface area contributed by atoms with Gasteiger partial charge < -0.3 is 5.32 Å². The summed E-state index contributed by atoms with van der Waals surface area (Å²) in [5.41, 5.74) is 6.82. The molecule has 0 unspecified atom stereocenters. The van der Waals surface area contributed by atoms with Crippen LogP contribution in [-0.2, 0) is 19.4 Å². The predicted molar refractivity (Wildman–Crippen MR) is 74.8 cm³/mol. The van der Waals surface area contributed by atoms with E-state index >= 15 is 0 Å². The van der Waals surface area contributed by atoms with E-state index in [0.717, 1.165) is 6.54 Å². The number of rotatable bonds is 3. The Balaban J connectivity index is 1.72.